The molecule has 2 bridgehead atoms. The molecule has 0 amide bonds. The van der Waals surface area contributed by atoms with Gasteiger partial charge in [-0.2, -0.15) is 5.26 Å². The third-order valence-corrected chi connectivity index (χ3v) is 6.97. The number of hydrogen-bond donors (Lipinski definition) is 0. The number of ether oxygens (including phenoxy) is 1. The lowest BCUT2D eigenvalue weighted by Crippen LogP contribution is -2.44. The normalized spacial score (nSPS) is 27.3. The Morgan fingerprint density at radius 1 is 1.00 bits per heavy atom. The van der Waals surface area contributed by atoms with Gasteiger partial charge < -0.3 is 4.74 Å². The molecule has 0 aromatic heterocycles. The lowest BCUT2D eigenvalue weighted by atomic mass is 9.53. The Hall–Kier alpha value is -1.56. The second-order valence-corrected chi connectivity index (χ2v) is 8.71. The minimum Gasteiger partial charge on any atom is -0.493 e. The fourth-order valence-electron chi connectivity index (χ4n) is 4.95. The largest absolute Gasteiger partial charge is 0.493 e. The highest BCUT2D eigenvalue weighted by molar-refractivity contribution is 5.36. The molecule has 2 nitrogen and oxygen atoms in total. The van der Waals surface area contributed by atoms with Crippen molar-refractivity contribution in [2.45, 2.75) is 84.0 Å². The molecule has 0 heterocycles. The summed E-state index contributed by atoms with van der Waals surface area (Å²) in [6, 6.07) is 6.42. The smallest absolute Gasteiger partial charge is 0.144 e. The van der Waals surface area contributed by atoms with Crippen molar-refractivity contribution in [2.75, 3.05) is 6.61 Å². The lowest BCUT2D eigenvalue weighted by Gasteiger charge is -2.53. The van der Waals surface area contributed by atoms with Gasteiger partial charge in [0.15, 0.2) is 0 Å². The van der Waals surface area contributed by atoms with Crippen LogP contribution in [0, 0.1) is 28.0 Å². The number of fused-ring (bicyclic) bond motifs is 3. The monoisotopic (exact) mass is 357 g/mol. The first-order valence-corrected chi connectivity index (χ1v) is 10.4. The Morgan fingerprint density at radius 2 is 1.65 bits per heavy atom. The third kappa shape index (κ3) is 4.40. The molecule has 0 unspecified atom stereocenters. The second kappa shape index (κ2) is 8.42. The van der Waals surface area contributed by atoms with E-state index in [1.807, 2.05) is 6.07 Å². The van der Waals surface area contributed by atoms with E-state index in [1.165, 1.54) is 89.2 Å². The number of unbranched alkanes of at least 4 members (excludes halogenated alkanes) is 4. The summed E-state index contributed by atoms with van der Waals surface area (Å²) in [7, 11) is 0. The van der Waals surface area contributed by atoms with Crippen molar-refractivity contribution in [3.63, 3.8) is 0 Å². The summed E-state index contributed by atoms with van der Waals surface area (Å²) in [6.45, 7) is 2.96. The number of rotatable bonds is 9. The van der Waals surface area contributed by atoms with Crippen molar-refractivity contribution in [1.82, 2.24) is 0 Å². The van der Waals surface area contributed by atoms with E-state index >= 15 is 0 Å². The van der Waals surface area contributed by atoms with E-state index in [0.29, 0.717) is 17.8 Å². The van der Waals surface area contributed by atoms with Gasteiger partial charge in [-0.1, -0.05) is 39.0 Å². The molecule has 26 heavy (non-hydrogen) atoms. The third-order valence-electron chi connectivity index (χ3n) is 6.97. The van der Waals surface area contributed by atoms with Crippen LogP contribution in [0.5, 0.6) is 5.75 Å². The van der Waals surface area contributed by atoms with Crippen LogP contribution in [0.25, 0.3) is 0 Å². The molecule has 1 aromatic rings. The first kappa shape index (κ1) is 19.2. The predicted molar refractivity (Wildman–Crippen MR) is 103 cm³/mol. The number of halogens is 1. The zero-order valence-corrected chi connectivity index (χ0v) is 16.2. The van der Waals surface area contributed by atoms with E-state index in [9.17, 15) is 4.39 Å². The SMILES string of the molecule is CCCCCCCC12CCC(COc3ccc(C#N)c(F)c3)(CC1)CC2. The zero-order valence-electron chi connectivity index (χ0n) is 16.2. The van der Waals surface area contributed by atoms with Crippen molar-refractivity contribution in [3.05, 3.63) is 29.6 Å². The maximum atomic E-state index is 13.7. The Morgan fingerprint density at radius 3 is 2.27 bits per heavy atom. The minimum absolute atomic E-state index is 0.0783. The molecule has 3 saturated carbocycles. The quantitative estimate of drug-likeness (QED) is 0.456. The molecular formula is C23H32FNO. The van der Waals surface area contributed by atoms with Crippen LogP contribution in [0.1, 0.15) is 89.5 Å². The molecule has 3 heteroatoms. The number of benzene rings is 1. The molecule has 142 valence electrons. The summed E-state index contributed by atoms with van der Waals surface area (Å²) < 4.78 is 19.7. The molecule has 0 spiro atoms. The van der Waals surface area contributed by atoms with Crippen LogP contribution in [0.2, 0.25) is 0 Å². The lowest BCUT2D eigenvalue weighted by molar-refractivity contribution is -0.0410. The molecule has 0 aliphatic heterocycles. The van der Waals surface area contributed by atoms with E-state index in [4.69, 9.17) is 10.00 Å². The Kier molecular flexibility index (Phi) is 6.22. The molecule has 0 atom stereocenters. The average Bonchev–Trinajstić information content (AvgIpc) is 2.68. The molecule has 0 radical (unpaired) electrons. The predicted octanol–water partition coefficient (Wildman–Crippen LogP) is 6.78. The number of nitriles is 1. The van der Waals surface area contributed by atoms with Crippen LogP contribution in [0.4, 0.5) is 4.39 Å². The topological polar surface area (TPSA) is 33.0 Å². The van der Waals surface area contributed by atoms with Crippen LogP contribution >= 0.6 is 0 Å². The van der Waals surface area contributed by atoms with Crippen LogP contribution in [0.3, 0.4) is 0 Å². The van der Waals surface area contributed by atoms with Gasteiger partial charge in [-0.3, -0.25) is 0 Å². The van der Waals surface area contributed by atoms with Crippen molar-refractivity contribution < 1.29 is 9.13 Å². The van der Waals surface area contributed by atoms with Gasteiger partial charge in [-0.25, -0.2) is 4.39 Å². The van der Waals surface area contributed by atoms with Gasteiger partial charge in [0.05, 0.1) is 12.2 Å². The van der Waals surface area contributed by atoms with Gasteiger partial charge in [-0.05, 0) is 62.5 Å². The van der Waals surface area contributed by atoms with Gasteiger partial charge in [-0.15, -0.1) is 0 Å². The Bertz CT molecular complexity index is 624. The minimum atomic E-state index is -0.489. The Balaban J connectivity index is 1.47. The summed E-state index contributed by atoms with van der Waals surface area (Å²) in [6.07, 6.45) is 16.1. The molecule has 3 aliphatic rings. The average molecular weight is 358 g/mol. The van der Waals surface area contributed by atoms with E-state index in [0.717, 1.165) is 0 Å². The molecule has 3 aliphatic carbocycles. The maximum absolute atomic E-state index is 13.7. The van der Waals surface area contributed by atoms with Gasteiger partial charge in [0.1, 0.15) is 17.6 Å². The maximum Gasteiger partial charge on any atom is 0.144 e. The fourth-order valence-corrected chi connectivity index (χ4v) is 4.95. The van der Waals surface area contributed by atoms with Crippen molar-refractivity contribution in [2.24, 2.45) is 10.8 Å². The molecule has 3 fully saturated rings. The van der Waals surface area contributed by atoms with E-state index in [-0.39, 0.29) is 11.0 Å². The summed E-state index contributed by atoms with van der Waals surface area (Å²) in [4.78, 5) is 0. The van der Waals surface area contributed by atoms with Crippen LogP contribution < -0.4 is 4.74 Å². The summed E-state index contributed by atoms with van der Waals surface area (Å²) in [5.74, 6) is 0.0612. The van der Waals surface area contributed by atoms with Crippen molar-refractivity contribution in [3.8, 4) is 11.8 Å². The Labute approximate surface area is 157 Å². The van der Waals surface area contributed by atoms with Gasteiger partial charge >= 0.3 is 0 Å². The summed E-state index contributed by atoms with van der Waals surface area (Å²) in [5.41, 5.74) is 0.970. The fraction of sp³-hybridized carbons (Fsp3) is 0.696. The summed E-state index contributed by atoms with van der Waals surface area (Å²) in [5, 5.41) is 8.82. The molecule has 0 N–H and O–H groups in total. The summed E-state index contributed by atoms with van der Waals surface area (Å²) >= 11 is 0. The first-order valence-electron chi connectivity index (χ1n) is 10.4. The highest BCUT2D eigenvalue weighted by atomic mass is 19.1. The zero-order chi connectivity index (χ0) is 18.5. The van der Waals surface area contributed by atoms with Crippen LogP contribution in [0.15, 0.2) is 18.2 Å². The molecular weight excluding hydrogens is 325 g/mol. The second-order valence-electron chi connectivity index (χ2n) is 8.71. The van der Waals surface area contributed by atoms with E-state index in [1.54, 1.807) is 6.07 Å². The van der Waals surface area contributed by atoms with E-state index in [2.05, 4.69) is 6.92 Å². The number of nitrogens with zero attached hydrogens (tertiary/aromatic N) is 1. The first-order chi connectivity index (χ1) is 12.6. The van der Waals surface area contributed by atoms with E-state index < -0.39 is 5.82 Å². The molecule has 0 saturated heterocycles. The van der Waals surface area contributed by atoms with Crippen molar-refractivity contribution in [1.29, 1.82) is 5.26 Å². The molecule has 1 aromatic carbocycles. The van der Waals surface area contributed by atoms with Crippen LogP contribution in [-0.2, 0) is 0 Å². The van der Waals surface area contributed by atoms with Crippen LogP contribution in [-0.4, -0.2) is 6.61 Å². The highest BCUT2D eigenvalue weighted by Crippen LogP contribution is 2.58. The van der Waals surface area contributed by atoms with Gasteiger partial charge in [0.25, 0.3) is 0 Å². The molecule has 4 rings (SSSR count). The number of hydrogen-bond acceptors (Lipinski definition) is 2. The van der Waals surface area contributed by atoms with Gasteiger partial charge in [0.2, 0.25) is 0 Å². The van der Waals surface area contributed by atoms with Crippen molar-refractivity contribution >= 4 is 0 Å². The van der Waals surface area contributed by atoms with Gasteiger partial charge in [0, 0.05) is 11.5 Å². The standard InChI is InChI=1S/C23H32FNO/c1-2-3-4-5-6-9-22-10-13-23(14-11-22,15-12-22)18-26-20-8-7-19(17-25)21(24)16-20/h7-8,16H,2-6,9-15,18H2,1H3. The highest BCUT2D eigenvalue weighted by Gasteiger charge is 2.48.